The molecule has 5 heteroatoms. The molecule has 1 unspecified atom stereocenters. The molecule has 1 heterocycles. The van der Waals surface area contributed by atoms with Crippen LogP contribution in [0, 0.1) is 5.82 Å². The van der Waals surface area contributed by atoms with Gasteiger partial charge in [-0.15, -0.1) is 0 Å². The van der Waals surface area contributed by atoms with Gasteiger partial charge in [0.1, 0.15) is 5.82 Å². The number of rotatable bonds is 3. The van der Waals surface area contributed by atoms with Gasteiger partial charge in [0, 0.05) is 11.8 Å². The molecule has 0 amide bonds. The third-order valence-corrected chi connectivity index (χ3v) is 3.46. The molecule has 0 saturated heterocycles. The minimum Gasteiger partial charge on any atom is -0.308 e. The van der Waals surface area contributed by atoms with Crippen molar-refractivity contribution in [3.63, 3.8) is 0 Å². The van der Waals surface area contributed by atoms with Gasteiger partial charge in [0.2, 0.25) is 0 Å². The van der Waals surface area contributed by atoms with Crippen LogP contribution in [0.4, 0.5) is 4.39 Å². The van der Waals surface area contributed by atoms with Gasteiger partial charge in [-0.25, -0.2) is 4.39 Å². The second kappa shape index (κ2) is 5.78. The van der Waals surface area contributed by atoms with Crippen molar-refractivity contribution in [2.75, 3.05) is 7.05 Å². The van der Waals surface area contributed by atoms with Crippen molar-refractivity contribution in [1.82, 2.24) is 10.3 Å². The maximum absolute atomic E-state index is 14.1. The lowest BCUT2D eigenvalue weighted by atomic mass is 10.0. The summed E-state index contributed by atoms with van der Waals surface area (Å²) in [6, 6.07) is 8.41. The molecule has 0 aliphatic heterocycles. The summed E-state index contributed by atoms with van der Waals surface area (Å²) in [6.45, 7) is 0. The van der Waals surface area contributed by atoms with Gasteiger partial charge in [-0.3, -0.25) is 4.98 Å². The molecule has 1 atom stereocenters. The number of halogens is 3. The summed E-state index contributed by atoms with van der Waals surface area (Å²) in [7, 11) is 1.77. The number of hydrogen-bond donors (Lipinski definition) is 1. The van der Waals surface area contributed by atoms with Crippen molar-refractivity contribution in [3.05, 3.63) is 63.1 Å². The summed E-state index contributed by atoms with van der Waals surface area (Å²) in [6.07, 6.45) is 1.55. The molecule has 2 aromatic rings. The van der Waals surface area contributed by atoms with Crippen molar-refractivity contribution >= 4 is 27.5 Å². The minimum atomic E-state index is -0.306. The molecule has 0 saturated carbocycles. The summed E-state index contributed by atoms with van der Waals surface area (Å²) in [4.78, 5) is 4.22. The molecular formula is C13H11BrClFN2. The summed E-state index contributed by atoms with van der Waals surface area (Å²) < 4.78 is 14.5. The molecule has 18 heavy (non-hydrogen) atoms. The van der Waals surface area contributed by atoms with E-state index in [1.807, 2.05) is 0 Å². The van der Waals surface area contributed by atoms with Crippen LogP contribution in [0.3, 0.4) is 0 Å². The van der Waals surface area contributed by atoms with Gasteiger partial charge in [-0.1, -0.05) is 23.7 Å². The first kappa shape index (κ1) is 13.5. The normalized spacial score (nSPS) is 12.4. The zero-order valence-electron chi connectivity index (χ0n) is 9.62. The van der Waals surface area contributed by atoms with Crippen LogP contribution in [0.15, 0.2) is 41.0 Å². The van der Waals surface area contributed by atoms with Crippen LogP contribution in [0.5, 0.6) is 0 Å². The summed E-state index contributed by atoms with van der Waals surface area (Å²) in [5, 5.41) is 3.61. The molecule has 0 radical (unpaired) electrons. The van der Waals surface area contributed by atoms with Gasteiger partial charge in [0.05, 0.1) is 21.2 Å². The molecule has 2 rings (SSSR count). The number of nitrogens with zero attached hydrogens (tertiary/aromatic N) is 1. The van der Waals surface area contributed by atoms with Crippen molar-refractivity contribution in [2.45, 2.75) is 6.04 Å². The Balaban J connectivity index is 2.45. The Morgan fingerprint density at radius 3 is 2.72 bits per heavy atom. The van der Waals surface area contributed by atoms with Crippen LogP contribution >= 0.6 is 27.5 Å². The standard InChI is InChI=1S/C13H11BrClFN2/c1-17-13(11-6-5-8(15)7-18-11)9-3-2-4-10(14)12(9)16/h2-7,13,17H,1H3. The molecule has 0 bridgehead atoms. The highest BCUT2D eigenvalue weighted by atomic mass is 79.9. The van der Waals surface area contributed by atoms with E-state index in [4.69, 9.17) is 11.6 Å². The SMILES string of the molecule is CNC(c1ccc(Cl)cn1)c1cccc(Br)c1F. The molecule has 0 spiro atoms. The van der Waals surface area contributed by atoms with E-state index < -0.39 is 0 Å². The molecule has 0 aliphatic carbocycles. The van der Waals surface area contributed by atoms with Crippen molar-refractivity contribution in [1.29, 1.82) is 0 Å². The molecule has 2 nitrogen and oxygen atoms in total. The van der Waals surface area contributed by atoms with E-state index in [0.29, 0.717) is 15.1 Å². The molecule has 1 aromatic heterocycles. The monoisotopic (exact) mass is 328 g/mol. The number of pyridine rings is 1. The Bertz CT molecular complexity index is 545. The van der Waals surface area contributed by atoms with Gasteiger partial charge in [0.15, 0.2) is 0 Å². The molecule has 1 N–H and O–H groups in total. The number of benzene rings is 1. The first-order chi connectivity index (χ1) is 8.63. The number of hydrogen-bond acceptors (Lipinski definition) is 2. The fourth-order valence-electron chi connectivity index (χ4n) is 1.76. The predicted octanol–water partition coefficient (Wildman–Crippen LogP) is 3.95. The van der Waals surface area contributed by atoms with Crippen LogP contribution in [-0.2, 0) is 0 Å². The van der Waals surface area contributed by atoms with Crippen molar-refractivity contribution in [3.8, 4) is 0 Å². The maximum atomic E-state index is 14.1. The largest absolute Gasteiger partial charge is 0.308 e. The van der Waals surface area contributed by atoms with Gasteiger partial charge >= 0.3 is 0 Å². The van der Waals surface area contributed by atoms with E-state index in [1.54, 1.807) is 43.6 Å². The zero-order valence-corrected chi connectivity index (χ0v) is 12.0. The highest BCUT2D eigenvalue weighted by molar-refractivity contribution is 9.10. The summed E-state index contributed by atoms with van der Waals surface area (Å²) in [5.41, 5.74) is 1.26. The second-order valence-corrected chi connectivity index (χ2v) is 5.06. The number of nitrogens with one attached hydrogen (secondary N) is 1. The van der Waals surface area contributed by atoms with Crippen LogP contribution in [0.2, 0.25) is 5.02 Å². The lowest BCUT2D eigenvalue weighted by Gasteiger charge is -2.17. The van der Waals surface area contributed by atoms with Gasteiger partial charge in [-0.2, -0.15) is 0 Å². The fourth-order valence-corrected chi connectivity index (χ4v) is 2.26. The van der Waals surface area contributed by atoms with Gasteiger partial charge in [-0.05, 0) is 41.2 Å². The predicted molar refractivity (Wildman–Crippen MR) is 74.2 cm³/mol. The van der Waals surface area contributed by atoms with Gasteiger partial charge < -0.3 is 5.32 Å². The van der Waals surface area contributed by atoms with Crippen LogP contribution in [-0.4, -0.2) is 12.0 Å². The maximum Gasteiger partial charge on any atom is 0.142 e. The molecular weight excluding hydrogens is 319 g/mol. The second-order valence-electron chi connectivity index (χ2n) is 3.77. The highest BCUT2D eigenvalue weighted by Crippen LogP contribution is 2.27. The Hall–Kier alpha value is -0.970. The molecule has 1 aromatic carbocycles. The Kier molecular flexibility index (Phi) is 4.32. The number of aromatic nitrogens is 1. The first-order valence-corrected chi connectivity index (χ1v) is 6.53. The lowest BCUT2D eigenvalue weighted by Crippen LogP contribution is -2.20. The Labute approximate surface area is 118 Å². The van der Waals surface area contributed by atoms with Crippen LogP contribution in [0.1, 0.15) is 17.3 Å². The Morgan fingerprint density at radius 2 is 2.11 bits per heavy atom. The van der Waals surface area contributed by atoms with E-state index in [0.717, 1.165) is 5.69 Å². The lowest BCUT2D eigenvalue weighted by molar-refractivity contribution is 0.565. The van der Waals surface area contributed by atoms with Crippen LogP contribution in [0.25, 0.3) is 0 Å². The van der Waals surface area contributed by atoms with Crippen LogP contribution < -0.4 is 5.32 Å². The molecule has 0 fully saturated rings. The molecule has 0 aliphatic rings. The smallest absolute Gasteiger partial charge is 0.142 e. The fraction of sp³-hybridized carbons (Fsp3) is 0.154. The van der Waals surface area contributed by atoms with E-state index >= 15 is 0 Å². The average Bonchev–Trinajstić information content (AvgIpc) is 2.37. The highest BCUT2D eigenvalue weighted by Gasteiger charge is 2.18. The third-order valence-electron chi connectivity index (χ3n) is 2.63. The van der Waals surface area contributed by atoms with E-state index in [-0.39, 0.29) is 11.9 Å². The van der Waals surface area contributed by atoms with E-state index in [1.165, 1.54) is 0 Å². The average molecular weight is 330 g/mol. The Morgan fingerprint density at radius 1 is 1.33 bits per heavy atom. The zero-order chi connectivity index (χ0) is 13.1. The quantitative estimate of drug-likeness (QED) is 0.922. The van der Waals surface area contributed by atoms with Gasteiger partial charge in [0.25, 0.3) is 0 Å². The van der Waals surface area contributed by atoms with Crippen molar-refractivity contribution in [2.24, 2.45) is 0 Å². The first-order valence-electron chi connectivity index (χ1n) is 5.36. The molecule has 94 valence electrons. The third kappa shape index (κ3) is 2.71. The summed E-state index contributed by atoms with van der Waals surface area (Å²) >= 11 is 8.98. The van der Waals surface area contributed by atoms with Crippen molar-refractivity contribution < 1.29 is 4.39 Å². The van der Waals surface area contributed by atoms with E-state index in [9.17, 15) is 4.39 Å². The minimum absolute atomic E-state index is 0.284. The van der Waals surface area contributed by atoms with E-state index in [2.05, 4.69) is 26.2 Å². The topological polar surface area (TPSA) is 24.9 Å². The summed E-state index contributed by atoms with van der Waals surface area (Å²) in [5.74, 6) is -0.284.